The van der Waals surface area contributed by atoms with Crippen LogP contribution in [0.4, 0.5) is 0 Å². The zero-order valence-electron chi connectivity index (χ0n) is 24.2. The van der Waals surface area contributed by atoms with Crippen molar-refractivity contribution in [2.75, 3.05) is 25.2 Å². The van der Waals surface area contributed by atoms with Gasteiger partial charge in [0.05, 0.1) is 13.0 Å². The highest BCUT2D eigenvalue weighted by molar-refractivity contribution is 9.09. The molecule has 0 fully saturated rings. The maximum absolute atomic E-state index is 12.2. The molecule has 0 unspecified atom stereocenters. The summed E-state index contributed by atoms with van der Waals surface area (Å²) in [6.07, 6.45) is 27.1. The Balaban J connectivity index is 4.02. The van der Waals surface area contributed by atoms with Gasteiger partial charge in [-0.1, -0.05) is 139 Å². The average Bonchev–Trinajstić information content (AvgIpc) is 2.88. The molecule has 0 aliphatic heterocycles. The molecule has 0 aromatic carbocycles. The molecule has 0 saturated carbocycles. The van der Waals surface area contributed by atoms with Gasteiger partial charge >= 0.3 is 5.97 Å². The summed E-state index contributed by atoms with van der Waals surface area (Å²) in [5, 5.41) is 1.07. The Morgan fingerprint density at radius 1 is 0.556 bits per heavy atom. The Labute approximate surface area is 233 Å². The van der Waals surface area contributed by atoms with Crippen molar-refractivity contribution in [3.05, 3.63) is 0 Å². The third kappa shape index (κ3) is 28.4. The number of carbonyl (C=O) groups excluding carboxylic acids is 1. The summed E-state index contributed by atoms with van der Waals surface area (Å²) < 4.78 is 17.5. The van der Waals surface area contributed by atoms with Gasteiger partial charge in [-0.2, -0.15) is 0 Å². The van der Waals surface area contributed by atoms with Gasteiger partial charge in [0.2, 0.25) is 0 Å². The lowest BCUT2D eigenvalue weighted by Crippen LogP contribution is -2.21. The van der Waals surface area contributed by atoms with Gasteiger partial charge in [0.25, 0.3) is 0 Å². The van der Waals surface area contributed by atoms with E-state index in [1.54, 1.807) is 0 Å². The lowest BCUT2D eigenvalue weighted by molar-refractivity contribution is -0.159. The van der Waals surface area contributed by atoms with Crippen LogP contribution in [0.3, 0.4) is 0 Å². The van der Waals surface area contributed by atoms with E-state index in [2.05, 4.69) is 29.8 Å². The number of unbranched alkanes of at least 4 members (excludes halogenated alkanes) is 18. The van der Waals surface area contributed by atoms with Crippen LogP contribution in [0.1, 0.15) is 162 Å². The molecule has 0 N–H and O–H groups in total. The van der Waals surface area contributed by atoms with Crippen molar-refractivity contribution in [2.24, 2.45) is 0 Å². The monoisotopic (exact) mass is 576 g/mol. The maximum atomic E-state index is 12.2. The topological polar surface area (TPSA) is 44.8 Å². The minimum absolute atomic E-state index is 0.119. The number of carbonyl (C=O) groups is 1. The summed E-state index contributed by atoms with van der Waals surface area (Å²) in [4.78, 5) is 12.2. The highest BCUT2D eigenvalue weighted by atomic mass is 79.9. The molecule has 4 nitrogen and oxygen atoms in total. The lowest BCUT2D eigenvalue weighted by Gasteiger charge is -2.18. The van der Waals surface area contributed by atoms with Crippen LogP contribution in [0.5, 0.6) is 0 Å². The van der Waals surface area contributed by atoms with Crippen LogP contribution < -0.4 is 0 Å². The number of esters is 1. The van der Waals surface area contributed by atoms with E-state index in [1.165, 1.54) is 109 Å². The van der Waals surface area contributed by atoms with E-state index in [4.69, 9.17) is 14.2 Å². The predicted molar refractivity (Wildman–Crippen MR) is 158 cm³/mol. The molecule has 0 amide bonds. The summed E-state index contributed by atoms with van der Waals surface area (Å²) >= 11 is 3.46. The lowest BCUT2D eigenvalue weighted by atomic mass is 10.1. The van der Waals surface area contributed by atoms with Gasteiger partial charge in [-0.15, -0.1) is 0 Å². The van der Waals surface area contributed by atoms with Crippen molar-refractivity contribution in [1.29, 1.82) is 0 Å². The van der Waals surface area contributed by atoms with Gasteiger partial charge in [0, 0.05) is 25.0 Å². The zero-order chi connectivity index (χ0) is 26.4. The molecule has 0 saturated heterocycles. The van der Waals surface area contributed by atoms with E-state index in [1.807, 2.05) is 0 Å². The quantitative estimate of drug-likeness (QED) is 0.0369. The molecular weight excluding hydrogens is 516 g/mol. The Kier molecular flexibility index (Phi) is 31.0. The fraction of sp³-hybridized carbons (Fsp3) is 0.968. The van der Waals surface area contributed by atoms with Gasteiger partial charge in [0.15, 0.2) is 6.29 Å². The highest BCUT2D eigenvalue weighted by Gasteiger charge is 2.13. The number of hydrogen-bond acceptors (Lipinski definition) is 4. The van der Waals surface area contributed by atoms with Crippen molar-refractivity contribution < 1.29 is 19.0 Å². The van der Waals surface area contributed by atoms with Crippen LogP contribution in [0, 0.1) is 0 Å². The largest absolute Gasteiger partial charge is 0.466 e. The van der Waals surface area contributed by atoms with Gasteiger partial charge in [0.1, 0.15) is 0 Å². The van der Waals surface area contributed by atoms with E-state index in [-0.39, 0.29) is 12.3 Å². The summed E-state index contributed by atoms with van der Waals surface area (Å²) in [5.41, 5.74) is 0. The SMILES string of the molecule is CCCCCCCCCCOC(CCC(=O)OCCCCCCCBr)OCCCCCCCCCC. The van der Waals surface area contributed by atoms with Crippen LogP contribution in [-0.4, -0.2) is 37.4 Å². The Morgan fingerprint density at radius 3 is 1.39 bits per heavy atom. The second-order valence-electron chi connectivity index (χ2n) is 10.3. The van der Waals surface area contributed by atoms with Crippen LogP contribution in [0.2, 0.25) is 0 Å². The number of halogens is 1. The number of hydrogen-bond donors (Lipinski definition) is 0. The van der Waals surface area contributed by atoms with Crippen molar-refractivity contribution in [1.82, 2.24) is 0 Å². The number of ether oxygens (including phenoxy) is 3. The Bertz CT molecular complexity index is 411. The van der Waals surface area contributed by atoms with Crippen LogP contribution in [-0.2, 0) is 19.0 Å². The van der Waals surface area contributed by atoms with Crippen molar-refractivity contribution in [2.45, 2.75) is 168 Å². The molecule has 216 valence electrons. The summed E-state index contributed by atoms with van der Waals surface area (Å²) in [7, 11) is 0. The first-order valence-corrected chi connectivity index (χ1v) is 16.8. The normalized spacial score (nSPS) is 11.4. The summed E-state index contributed by atoms with van der Waals surface area (Å²) in [6.45, 7) is 6.51. The van der Waals surface area contributed by atoms with E-state index in [0.29, 0.717) is 19.4 Å². The van der Waals surface area contributed by atoms with Crippen molar-refractivity contribution in [3.63, 3.8) is 0 Å². The molecule has 0 aromatic rings. The molecule has 5 heteroatoms. The van der Waals surface area contributed by atoms with Gasteiger partial charge in [-0.25, -0.2) is 0 Å². The minimum Gasteiger partial charge on any atom is -0.466 e. The van der Waals surface area contributed by atoms with E-state index < -0.39 is 0 Å². The van der Waals surface area contributed by atoms with Gasteiger partial charge in [-0.05, 0) is 25.7 Å². The van der Waals surface area contributed by atoms with Gasteiger partial charge < -0.3 is 14.2 Å². The average molecular weight is 578 g/mol. The highest BCUT2D eigenvalue weighted by Crippen LogP contribution is 2.13. The molecular formula is C31H61BrO4. The molecule has 0 aromatic heterocycles. The van der Waals surface area contributed by atoms with Crippen molar-refractivity contribution >= 4 is 21.9 Å². The van der Waals surface area contributed by atoms with E-state index in [0.717, 1.165) is 44.2 Å². The molecule has 0 heterocycles. The van der Waals surface area contributed by atoms with Crippen LogP contribution in [0.15, 0.2) is 0 Å². The molecule has 0 bridgehead atoms. The first-order valence-electron chi connectivity index (χ1n) is 15.7. The molecule has 36 heavy (non-hydrogen) atoms. The first kappa shape index (κ1) is 35.9. The van der Waals surface area contributed by atoms with E-state index >= 15 is 0 Å². The third-order valence-electron chi connectivity index (χ3n) is 6.73. The molecule has 0 atom stereocenters. The molecule has 0 rings (SSSR count). The molecule has 0 radical (unpaired) electrons. The van der Waals surface area contributed by atoms with Crippen molar-refractivity contribution in [3.8, 4) is 0 Å². The summed E-state index contributed by atoms with van der Waals surface area (Å²) in [6, 6.07) is 0. The minimum atomic E-state index is -0.282. The number of rotatable bonds is 30. The number of alkyl halides is 1. The van der Waals surface area contributed by atoms with Gasteiger partial charge in [-0.3, -0.25) is 4.79 Å². The second-order valence-corrected chi connectivity index (χ2v) is 11.1. The van der Waals surface area contributed by atoms with Crippen LogP contribution in [0.25, 0.3) is 0 Å². The maximum Gasteiger partial charge on any atom is 0.305 e. The first-order chi connectivity index (χ1) is 17.7. The second kappa shape index (κ2) is 31.1. The third-order valence-corrected chi connectivity index (χ3v) is 7.29. The fourth-order valence-electron chi connectivity index (χ4n) is 4.34. The molecule has 0 aliphatic carbocycles. The predicted octanol–water partition coefficient (Wildman–Crippen LogP) is 10.3. The Hall–Kier alpha value is -0.130. The Morgan fingerprint density at radius 2 is 0.944 bits per heavy atom. The van der Waals surface area contributed by atoms with E-state index in [9.17, 15) is 4.79 Å². The summed E-state index contributed by atoms with van der Waals surface area (Å²) in [5.74, 6) is -0.119. The standard InChI is InChI=1S/C31H61BrO4/c1-3-5-7-9-11-13-17-22-28-35-31(36-29-23-18-14-12-10-8-6-4-2)25-24-30(33)34-27-21-19-15-16-20-26-32/h31H,3-29H2,1-2H3. The molecule has 0 aliphatic rings. The van der Waals surface area contributed by atoms with Crippen LogP contribution >= 0.6 is 15.9 Å². The smallest absolute Gasteiger partial charge is 0.305 e. The molecule has 0 spiro atoms. The fourth-order valence-corrected chi connectivity index (χ4v) is 4.73. The zero-order valence-corrected chi connectivity index (χ0v) is 25.8.